The van der Waals surface area contributed by atoms with E-state index in [4.69, 9.17) is 15.2 Å². The molecule has 0 saturated carbocycles. The lowest BCUT2D eigenvalue weighted by molar-refractivity contribution is 0.176. The highest BCUT2D eigenvalue weighted by Crippen LogP contribution is 2.27. The van der Waals surface area contributed by atoms with Crippen molar-refractivity contribution in [3.05, 3.63) is 41.5 Å². The van der Waals surface area contributed by atoms with Crippen LogP contribution in [0.5, 0.6) is 5.88 Å². The van der Waals surface area contributed by atoms with E-state index >= 15 is 0 Å². The van der Waals surface area contributed by atoms with Gasteiger partial charge in [0.25, 0.3) is 0 Å². The molecular weight excluding hydrogens is 287 g/mol. The number of rotatable bonds is 7. The molecular formula is C15H19FN4O2. The van der Waals surface area contributed by atoms with Crippen LogP contribution < -0.4 is 15.8 Å². The van der Waals surface area contributed by atoms with Crippen LogP contribution in [0.2, 0.25) is 0 Å². The van der Waals surface area contributed by atoms with E-state index < -0.39 is 0 Å². The molecule has 0 aliphatic heterocycles. The monoisotopic (exact) mass is 306 g/mol. The van der Waals surface area contributed by atoms with Crippen LogP contribution in [0.4, 0.5) is 15.9 Å². The minimum Gasteiger partial charge on any atom is -0.476 e. The van der Waals surface area contributed by atoms with Crippen LogP contribution in [-0.2, 0) is 17.9 Å². The fourth-order valence-corrected chi connectivity index (χ4v) is 1.89. The van der Waals surface area contributed by atoms with E-state index in [1.54, 1.807) is 25.3 Å². The molecule has 2 rings (SSSR count). The number of hydrogen-bond donors (Lipinski definition) is 2. The SMILES string of the molecule is CCOc1nc(COC)nc(NCc2ccccc2F)c1N. The van der Waals surface area contributed by atoms with E-state index in [1.165, 1.54) is 6.07 Å². The molecule has 0 bridgehead atoms. The maximum absolute atomic E-state index is 13.6. The Hall–Kier alpha value is -2.41. The normalized spacial score (nSPS) is 10.5. The second-order valence-corrected chi connectivity index (χ2v) is 4.52. The molecule has 0 aliphatic carbocycles. The summed E-state index contributed by atoms with van der Waals surface area (Å²) in [6, 6.07) is 6.51. The quantitative estimate of drug-likeness (QED) is 0.817. The van der Waals surface area contributed by atoms with Crippen molar-refractivity contribution in [3.8, 4) is 5.88 Å². The molecule has 2 aromatic rings. The van der Waals surface area contributed by atoms with Gasteiger partial charge in [-0.2, -0.15) is 4.98 Å². The molecule has 1 heterocycles. The van der Waals surface area contributed by atoms with Gasteiger partial charge in [-0.3, -0.25) is 0 Å². The summed E-state index contributed by atoms with van der Waals surface area (Å²) in [5.74, 6) is 0.843. The third-order valence-electron chi connectivity index (χ3n) is 2.92. The Morgan fingerprint density at radius 3 is 2.73 bits per heavy atom. The van der Waals surface area contributed by atoms with Crippen LogP contribution >= 0.6 is 0 Å². The van der Waals surface area contributed by atoms with Crippen LogP contribution in [-0.4, -0.2) is 23.7 Å². The van der Waals surface area contributed by atoms with Gasteiger partial charge in [-0.25, -0.2) is 9.37 Å². The minimum atomic E-state index is -0.287. The lowest BCUT2D eigenvalue weighted by atomic mass is 10.2. The van der Waals surface area contributed by atoms with Gasteiger partial charge in [-0.05, 0) is 13.0 Å². The van der Waals surface area contributed by atoms with Crippen LogP contribution in [0, 0.1) is 5.82 Å². The average molecular weight is 306 g/mol. The summed E-state index contributed by atoms with van der Waals surface area (Å²) in [7, 11) is 1.55. The Morgan fingerprint density at radius 1 is 1.27 bits per heavy atom. The predicted molar refractivity (Wildman–Crippen MR) is 82.1 cm³/mol. The number of benzene rings is 1. The molecule has 0 amide bonds. The van der Waals surface area contributed by atoms with Gasteiger partial charge >= 0.3 is 0 Å². The standard InChI is InChI=1S/C15H19FN4O2/c1-3-22-15-13(17)14(19-12(20-15)9-21-2)18-8-10-6-4-5-7-11(10)16/h4-7H,3,8-9,17H2,1-2H3,(H,18,19,20). The Morgan fingerprint density at radius 2 is 2.05 bits per heavy atom. The van der Waals surface area contributed by atoms with Gasteiger partial charge in [0.15, 0.2) is 11.6 Å². The van der Waals surface area contributed by atoms with E-state index in [2.05, 4.69) is 15.3 Å². The molecule has 1 aromatic carbocycles. The van der Waals surface area contributed by atoms with Gasteiger partial charge in [0.05, 0.1) is 6.61 Å². The predicted octanol–water partition coefficient (Wildman–Crippen LogP) is 2.36. The molecule has 0 aliphatic rings. The van der Waals surface area contributed by atoms with E-state index in [-0.39, 0.29) is 24.7 Å². The molecule has 3 N–H and O–H groups in total. The third kappa shape index (κ3) is 3.82. The second kappa shape index (κ2) is 7.56. The third-order valence-corrected chi connectivity index (χ3v) is 2.92. The summed E-state index contributed by atoms with van der Waals surface area (Å²) in [6.07, 6.45) is 0. The van der Waals surface area contributed by atoms with Crippen molar-refractivity contribution >= 4 is 11.5 Å². The zero-order valence-corrected chi connectivity index (χ0v) is 12.6. The van der Waals surface area contributed by atoms with Crippen molar-refractivity contribution in [2.45, 2.75) is 20.1 Å². The summed E-state index contributed by atoms with van der Waals surface area (Å²) in [5, 5.41) is 3.02. The lowest BCUT2D eigenvalue weighted by Gasteiger charge is -2.13. The van der Waals surface area contributed by atoms with E-state index in [1.807, 2.05) is 6.92 Å². The maximum atomic E-state index is 13.6. The number of nitrogens with two attached hydrogens (primary N) is 1. The Labute approximate surface area is 128 Å². The largest absolute Gasteiger partial charge is 0.476 e. The first-order chi connectivity index (χ1) is 10.7. The minimum absolute atomic E-state index is 0.231. The van der Waals surface area contributed by atoms with Crippen molar-refractivity contribution in [2.24, 2.45) is 0 Å². The van der Waals surface area contributed by atoms with Crippen molar-refractivity contribution in [3.63, 3.8) is 0 Å². The first kappa shape index (κ1) is 16.0. The zero-order chi connectivity index (χ0) is 15.9. The van der Waals surface area contributed by atoms with Gasteiger partial charge < -0.3 is 20.5 Å². The van der Waals surface area contributed by atoms with Gasteiger partial charge in [0.1, 0.15) is 18.1 Å². The van der Waals surface area contributed by atoms with Crippen molar-refractivity contribution in [2.75, 3.05) is 24.8 Å². The molecule has 0 radical (unpaired) electrons. The second-order valence-electron chi connectivity index (χ2n) is 4.52. The van der Waals surface area contributed by atoms with Gasteiger partial charge in [0.2, 0.25) is 5.88 Å². The van der Waals surface area contributed by atoms with E-state index in [0.717, 1.165) is 0 Å². The number of anilines is 2. The molecule has 118 valence electrons. The van der Waals surface area contributed by atoms with Crippen molar-refractivity contribution in [1.29, 1.82) is 0 Å². The number of halogens is 1. The lowest BCUT2D eigenvalue weighted by Crippen LogP contribution is -2.11. The smallest absolute Gasteiger partial charge is 0.242 e. The maximum Gasteiger partial charge on any atom is 0.242 e. The van der Waals surface area contributed by atoms with Crippen LogP contribution in [0.1, 0.15) is 18.3 Å². The number of nitrogens with zero attached hydrogens (tertiary/aromatic N) is 2. The summed E-state index contributed by atoms with van der Waals surface area (Å²) >= 11 is 0. The average Bonchev–Trinajstić information content (AvgIpc) is 2.51. The molecule has 0 saturated heterocycles. The molecule has 1 aromatic heterocycles. The molecule has 22 heavy (non-hydrogen) atoms. The first-order valence-corrected chi connectivity index (χ1v) is 6.91. The Kier molecular flexibility index (Phi) is 5.48. The van der Waals surface area contributed by atoms with Gasteiger partial charge in [-0.1, -0.05) is 18.2 Å². The topological polar surface area (TPSA) is 82.3 Å². The first-order valence-electron chi connectivity index (χ1n) is 6.91. The molecule has 7 heteroatoms. The summed E-state index contributed by atoms with van der Waals surface area (Å²) in [5.41, 5.74) is 6.80. The zero-order valence-electron chi connectivity index (χ0n) is 12.6. The molecule has 0 atom stereocenters. The highest BCUT2D eigenvalue weighted by molar-refractivity contribution is 5.67. The molecule has 0 fully saturated rings. The highest BCUT2D eigenvalue weighted by Gasteiger charge is 2.13. The number of ether oxygens (including phenoxy) is 2. The number of aromatic nitrogens is 2. The fraction of sp³-hybridized carbons (Fsp3) is 0.333. The Balaban J connectivity index is 2.23. The van der Waals surface area contributed by atoms with Crippen molar-refractivity contribution in [1.82, 2.24) is 9.97 Å². The fourth-order valence-electron chi connectivity index (χ4n) is 1.89. The van der Waals surface area contributed by atoms with Gasteiger partial charge in [-0.15, -0.1) is 0 Å². The molecule has 0 unspecified atom stereocenters. The summed E-state index contributed by atoms with van der Waals surface area (Å²) in [6.45, 7) is 2.75. The molecule has 0 spiro atoms. The van der Waals surface area contributed by atoms with Crippen molar-refractivity contribution < 1.29 is 13.9 Å². The Bertz CT molecular complexity index is 637. The molecule has 6 nitrogen and oxygen atoms in total. The van der Waals surface area contributed by atoms with Crippen LogP contribution in [0.15, 0.2) is 24.3 Å². The summed E-state index contributed by atoms with van der Waals surface area (Å²) in [4.78, 5) is 8.46. The highest BCUT2D eigenvalue weighted by atomic mass is 19.1. The van der Waals surface area contributed by atoms with Crippen LogP contribution in [0.25, 0.3) is 0 Å². The number of methoxy groups -OCH3 is 1. The van der Waals surface area contributed by atoms with Crippen LogP contribution in [0.3, 0.4) is 0 Å². The van der Waals surface area contributed by atoms with E-state index in [9.17, 15) is 4.39 Å². The van der Waals surface area contributed by atoms with Gasteiger partial charge in [0, 0.05) is 19.2 Å². The van der Waals surface area contributed by atoms with E-state index in [0.29, 0.717) is 29.7 Å². The number of nitrogens with one attached hydrogen (secondary N) is 1. The summed E-state index contributed by atoms with van der Waals surface area (Å²) < 4.78 is 24.1. The number of hydrogen-bond acceptors (Lipinski definition) is 6. The number of nitrogen functional groups attached to an aromatic ring is 1.